The number of benzene rings is 1. The highest BCUT2D eigenvalue weighted by atomic mass is 35.5. The van der Waals surface area contributed by atoms with Crippen LogP contribution >= 0.6 is 22.9 Å². The zero-order chi connectivity index (χ0) is 13.9. The summed E-state index contributed by atoms with van der Waals surface area (Å²) in [6.45, 7) is 3.03. The topological polar surface area (TPSA) is 24.9 Å². The summed E-state index contributed by atoms with van der Waals surface area (Å²) in [7, 11) is 0. The highest BCUT2D eigenvalue weighted by Gasteiger charge is 2.32. The number of rotatable bonds is 6. The molecule has 1 N–H and O–H groups in total. The number of thiazole rings is 1. The Kier molecular flexibility index (Phi) is 4.39. The molecule has 1 heterocycles. The number of aromatic nitrogens is 1. The Labute approximate surface area is 129 Å². The standard InChI is InChI=1S/C16H19ClN2S/c1-2-14-9-18-15(20-14)10-19-16(11-3-4-11)12-5-7-13(17)8-6-12/h5-9,11,16,19H,2-4,10H2,1H3. The van der Waals surface area contributed by atoms with Gasteiger partial charge in [-0.3, -0.25) is 0 Å². The average Bonchev–Trinajstić information content (AvgIpc) is 3.19. The van der Waals surface area contributed by atoms with Crippen LogP contribution in [0.5, 0.6) is 0 Å². The second-order valence-electron chi connectivity index (χ2n) is 5.32. The van der Waals surface area contributed by atoms with Crippen LogP contribution in [0.15, 0.2) is 30.5 Å². The predicted octanol–water partition coefficient (Wildman–Crippen LogP) is 4.60. The van der Waals surface area contributed by atoms with Crippen molar-refractivity contribution in [2.45, 2.75) is 38.8 Å². The van der Waals surface area contributed by atoms with Crippen LogP contribution in [0.4, 0.5) is 0 Å². The maximum Gasteiger partial charge on any atom is 0.107 e. The summed E-state index contributed by atoms with van der Waals surface area (Å²) in [5.74, 6) is 0.766. The van der Waals surface area contributed by atoms with Crippen LogP contribution in [0.2, 0.25) is 5.02 Å². The van der Waals surface area contributed by atoms with E-state index in [9.17, 15) is 0 Å². The fourth-order valence-corrected chi connectivity index (χ4v) is 3.39. The Morgan fingerprint density at radius 1 is 1.35 bits per heavy atom. The molecule has 0 amide bonds. The summed E-state index contributed by atoms with van der Waals surface area (Å²) in [5.41, 5.74) is 1.34. The third-order valence-corrected chi connectivity index (χ3v) is 5.14. The molecule has 1 aliphatic rings. The van der Waals surface area contributed by atoms with E-state index in [-0.39, 0.29) is 0 Å². The molecule has 0 radical (unpaired) electrons. The number of hydrogen-bond acceptors (Lipinski definition) is 3. The molecule has 1 unspecified atom stereocenters. The van der Waals surface area contributed by atoms with Gasteiger partial charge in [-0.15, -0.1) is 11.3 Å². The number of aryl methyl sites for hydroxylation is 1. The van der Waals surface area contributed by atoms with E-state index in [0.717, 1.165) is 23.9 Å². The number of halogens is 1. The first kappa shape index (κ1) is 14.1. The monoisotopic (exact) mass is 306 g/mol. The molecule has 106 valence electrons. The molecule has 2 nitrogen and oxygen atoms in total. The molecule has 3 rings (SSSR count). The lowest BCUT2D eigenvalue weighted by molar-refractivity contribution is 0.479. The van der Waals surface area contributed by atoms with Gasteiger partial charge in [0.1, 0.15) is 5.01 Å². The lowest BCUT2D eigenvalue weighted by Crippen LogP contribution is -2.22. The molecule has 1 aliphatic carbocycles. The van der Waals surface area contributed by atoms with E-state index in [1.165, 1.54) is 28.3 Å². The van der Waals surface area contributed by atoms with Crippen molar-refractivity contribution in [1.82, 2.24) is 10.3 Å². The first-order valence-corrected chi connectivity index (χ1v) is 8.38. The van der Waals surface area contributed by atoms with Crippen LogP contribution < -0.4 is 5.32 Å². The Bertz CT molecular complexity index is 560. The van der Waals surface area contributed by atoms with Gasteiger partial charge in [0, 0.05) is 28.7 Å². The first-order chi connectivity index (χ1) is 9.76. The van der Waals surface area contributed by atoms with Crippen molar-refractivity contribution in [1.29, 1.82) is 0 Å². The van der Waals surface area contributed by atoms with Gasteiger partial charge in [-0.1, -0.05) is 30.7 Å². The SMILES string of the molecule is CCc1cnc(CNC(c2ccc(Cl)cc2)C2CC2)s1. The third kappa shape index (κ3) is 3.40. The van der Waals surface area contributed by atoms with E-state index in [2.05, 4.69) is 29.4 Å². The zero-order valence-electron chi connectivity index (χ0n) is 11.6. The van der Waals surface area contributed by atoms with Crippen molar-refractivity contribution in [3.05, 3.63) is 50.9 Å². The molecular weight excluding hydrogens is 288 g/mol. The van der Waals surface area contributed by atoms with Crippen molar-refractivity contribution < 1.29 is 0 Å². The molecule has 1 aromatic heterocycles. The second-order valence-corrected chi connectivity index (χ2v) is 6.96. The molecule has 1 fully saturated rings. The first-order valence-electron chi connectivity index (χ1n) is 7.18. The van der Waals surface area contributed by atoms with Crippen LogP contribution in [-0.4, -0.2) is 4.98 Å². The van der Waals surface area contributed by atoms with Crippen LogP contribution in [0.25, 0.3) is 0 Å². The van der Waals surface area contributed by atoms with Gasteiger partial charge in [-0.05, 0) is 42.9 Å². The molecule has 0 spiro atoms. The quantitative estimate of drug-likeness (QED) is 0.843. The lowest BCUT2D eigenvalue weighted by Gasteiger charge is -2.18. The Morgan fingerprint density at radius 2 is 2.10 bits per heavy atom. The fraction of sp³-hybridized carbons (Fsp3) is 0.438. The van der Waals surface area contributed by atoms with E-state index < -0.39 is 0 Å². The molecule has 20 heavy (non-hydrogen) atoms. The summed E-state index contributed by atoms with van der Waals surface area (Å²) in [6, 6.07) is 8.66. The number of nitrogens with zero attached hydrogens (tertiary/aromatic N) is 1. The maximum atomic E-state index is 5.97. The minimum Gasteiger partial charge on any atom is -0.303 e. The van der Waals surface area contributed by atoms with Crippen molar-refractivity contribution >= 4 is 22.9 Å². The van der Waals surface area contributed by atoms with E-state index in [1.54, 1.807) is 0 Å². The van der Waals surface area contributed by atoms with Crippen molar-refractivity contribution in [3.8, 4) is 0 Å². The Hall–Kier alpha value is -0.900. The van der Waals surface area contributed by atoms with Gasteiger partial charge in [-0.25, -0.2) is 4.98 Å². The minimum absolute atomic E-state index is 0.432. The van der Waals surface area contributed by atoms with Gasteiger partial charge in [0.05, 0.1) is 0 Å². The van der Waals surface area contributed by atoms with Gasteiger partial charge in [0.25, 0.3) is 0 Å². The van der Waals surface area contributed by atoms with Crippen LogP contribution in [0.1, 0.15) is 41.3 Å². The number of hydrogen-bond donors (Lipinski definition) is 1. The minimum atomic E-state index is 0.432. The van der Waals surface area contributed by atoms with Crippen molar-refractivity contribution in [3.63, 3.8) is 0 Å². The maximum absolute atomic E-state index is 5.97. The normalized spacial score (nSPS) is 16.3. The summed E-state index contributed by atoms with van der Waals surface area (Å²) >= 11 is 7.78. The second kappa shape index (κ2) is 6.25. The highest BCUT2D eigenvalue weighted by molar-refractivity contribution is 7.11. The molecule has 0 bridgehead atoms. The fourth-order valence-electron chi connectivity index (χ4n) is 2.45. The van der Waals surface area contributed by atoms with E-state index in [0.29, 0.717) is 6.04 Å². The predicted molar refractivity (Wildman–Crippen MR) is 85.2 cm³/mol. The zero-order valence-corrected chi connectivity index (χ0v) is 13.2. The van der Waals surface area contributed by atoms with Crippen molar-refractivity contribution in [2.75, 3.05) is 0 Å². The lowest BCUT2D eigenvalue weighted by atomic mass is 10.0. The molecule has 1 saturated carbocycles. The van der Waals surface area contributed by atoms with Crippen LogP contribution in [0.3, 0.4) is 0 Å². The molecular formula is C16H19ClN2S. The Morgan fingerprint density at radius 3 is 2.70 bits per heavy atom. The molecule has 0 saturated heterocycles. The van der Waals surface area contributed by atoms with E-state index >= 15 is 0 Å². The summed E-state index contributed by atoms with van der Waals surface area (Å²) < 4.78 is 0. The number of nitrogens with one attached hydrogen (secondary N) is 1. The van der Waals surface area contributed by atoms with Crippen LogP contribution in [-0.2, 0) is 13.0 Å². The van der Waals surface area contributed by atoms with E-state index in [1.807, 2.05) is 29.7 Å². The molecule has 1 aromatic carbocycles. The van der Waals surface area contributed by atoms with Gasteiger partial charge in [0.2, 0.25) is 0 Å². The summed E-state index contributed by atoms with van der Waals surface area (Å²) in [6.07, 6.45) is 5.70. The van der Waals surface area contributed by atoms with Crippen molar-refractivity contribution in [2.24, 2.45) is 5.92 Å². The largest absolute Gasteiger partial charge is 0.303 e. The Balaban J connectivity index is 1.67. The third-order valence-electron chi connectivity index (χ3n) is 3.75. The van der Waals surface area contributed by atoms with Gasteiger partial charge in [-0.2, -0.15) is 0 Å². The van der Waals surface area contributed by atoms with Gasteiger partial charge < -0.3 is 5.32 Å². The smallest absolute Gasteiger partial charge is 0.107 e. The van der Waals surface area contributed by atoms with Gasteiger partial charge >= 0.3 is 0 Å². The molecule has 4 heteroatoms. The molecule has 2 aromatic rings. The van der Waals surface area contributed by atoms with E-state index in [4.69, 9.17) is 11.6 Å². The molecule has 1 atom stereocenters. The molecule has 0 aliphatic heterocycles. The summed E-state index contributed by atoms with van der Waals surface area (Å²) in [4.78, 5) is 5.84. The highest BCUT2D eigenvalue weighted by Crippen LogP contribution is 2.41. The summed E-state index contributed by atoms with van der Waals surface area (Å²) in [5, 5.41) is 5.66. The van der Waals surface area contributed by atoms with Gasteiger partial charge in [0.15, 0.2) is 0 Å². The van der Waals surface area contributed by atoms with Crippen LogP contribution in [0, 0.1) is 5.92 Å². The average molecular weight is 307 g/mol.